The van der Waals surface area contributed by atoms with E-state index in [4.69, 9.17) is 5.73 Å². The van der Waals surface area contributed by atoms with Crippen LogP contribution in [0.1, 0.15) is 66.2 Å². The van der Waals surface area contributed by atoms with Crippen LogP contribution in [0.25, 0.3) is 0 Å². The van der Waals surface area contributed by atoms with Gasteiger partial charge in [-0.1, -0.05) is 34.1 Å². The zero-order valence-electron chi connectivity index (χ0n) is 10.4. The Kier molecular flexibility index (Phi) is 3.63. The molecule has 0 heterocycles. The van der Waals surface area contributed by atoms with Crippen LogP contribution in [0.2, 0.25) is 0 Å². The number of hydrogen-bond donors (Lipinski definition) is 1. The van der Waals surface area contributed by atoms with Crippen LogP contribution in [0.4, 0.5) is 0 Å². The van der Waals surface area contributed by atoms with E-state index in [9.17, 15) is 0 Å². The van der Waals surface area contributed by atoms with Crippen molar-refractivity contribution in [1.29, 1.82) is 0 Å². The first-order valence-electron chi connectivity index (χ1n) is 6.22. The van der Waals surface area contributed by atoms with Crippen molar-refractivity contribution in [2.24, 2.45) is 17.1 Å². The van der Waals surface area contributed by atoms with Gasteiger partial charge in [-0.05, 0) is 43.4 Å². The molecule has 0 aromatic heterocycles. The minimum absolute atomic E-state index is 0.167. The van der Waals surface area contributed by atoms with Crippen LogP contribution in [0.3, 0.4) is 0 Å². The summed E-state index contributed by atoms with van der Waals surface area (Å²) in [6.45, 7) is 9.36. The van der Waals surface area contributed by atoms with Crippen molar-refractivity contribution in [3.63, 3.8) is 0 Å². The Balaban J connectivity index is 2.51. The number of rotatable bonds is 3. The van der Waals surface area contributed by atoms with Gasteiger partial charge in [-0.2, -0.15) is 0 Å². The fraction of sp³-hybridized carbons (Fsp3) is 1.00. The van der Waals surface area contributed by atoms with Gasteiger partial charge in [-0.15, -0.1) is 0 Å². The van der Waals surface area contributed by atoms with Crippen LogP contribution in [-0.4, -0.2) is 5.54 Å². The number of nitrogens with two attached hydrogens (primary N) is 1. The SMILES string of the molecule is CCC1(N)CCC(C(C)(C)CC)CC1. The molecule has 1 heteroatoms. The summed E-state index contributed by atoms with van der Waals surface area (Å²) in [7, 11) is 0. The predicted octanol–water partition coefficient (Wildman–Crippen LogP) is 3.72. The molecule has 0 aliphatic heterocycles. The molecule has 1 aliphatic rings. The molecule has 1 nitrogen and oxygen atoms in total. The second kappa shape index (κ2) is 4.22. The Morgan fingerprint density at radius 1 is 1.21 bits per heavy atom. The van der Waals surface area contributed by atoms with Crippen molar-refractivity contribution in [2.75, 3.05) is 0 Å². The fourth-order valence-corrected chi connectivity index (χ4v) is 2.62. The summed E-state index contributed by atoms with van der Waals surface area (Å²) < 4.78 is 0. The molecule has 0 aromatic carbocycles. The van der Waals surface area contributed by atoms with E-state index in [2.05, 4.69) is 27.7 Å². The van der Waals surface area contributed by atoms with Crippen LogP contribution in [0, 0.1) is 11.3 Å². The van der Waals surface area contributed by atoms with E-state index in [0.29, 0.717) is 5.41 Å². The molecule has 1 rings (SSSR count). The molecule has 0 bridgehead atoms. The topological polar surface area (TPSA) is 26.0 Å². The molecular weight excluding hydrogens is 170 g/mol. The van der Waals surface area contributed by atoms with Crippen molar-refractivity contribution in [3.8, 4) is 0 Å². The summed E-state index contributed by atoms with van der Waals surface area (Å²) in [4.78, 5) is 0. The van der Waals surface area contributed by atoms with Gasteiger partial charge in [0.15, 0.2) is 0 Å². The summed E-state index contributed by atoms with van der Waals surface area (Å²) in [5.41, 5.74) is 7.00. The van der Waals surface area contributed by atoms with Gasteiger partial charge in [-0.3, -0.25) is 0 Å². The monoisotopic (exact) mass is 197 g/mol. The molecule has 1 fully saturated rings. The normalized spacial score (nSPS) is 34.5. The van der Waals surface area contributed by atoms with Gasteiger partial charge < -0.3 is 5.73 Å². The lowest BCUT2D eigenvalue weighted by Gasteiger charge is -2.43. The zero-order chi connectivity index (χ0) is 10.8. The standard InChI is InChI=1S/C13H27N/c1-5-12(3,4)11-7-9-13(14,6-2)10-8-11/h11H,5-10,14H2,1-4H3. The molecule has 1 saturated carbocycles. The van der Waals surface area contributed by atoms with Crippen LogP contribution in [-0.2, 0) is 0 Å². The van der Waals surface area contributed by atoms with Crippen LogP contribution in [0.15, 0.2) is 0 Å². The molecule has 84 valence electrons. The molecule has 0 saturated heterocycles. The minimum Gasteiger partial charge on any atom is -0.325 e. The van der Waals surface area contributed by atoms with Gasteiger partial charge in [0.2, 0.25) is 0 Å². The van der Waals surface area contributed by atoms with Crippen molar-refractivity contribution < 1.29 is 0 Å². The van der Waals surface area contributed by atoms with Crippen LogP contribution < -0.4 is 5.73 Å². The molecule has 0 aromatic rings. The molecule has 14 heavy (non-hydrogen) atoms. The van der Waals surface area contributed by atoms with Crippen molar-refractivity contribution in [3.05, 3.63) is 0 Å². The van der Waals surface area contributed by atoms with Crippen molar-refractivity contribution in [2.45, 2.75) is 71.8 Å². The first-order chi connectivity index (χ1) is 6.43. The van der Waals surface area contributed by atoms with Crippen LogP contribution in [0.5, 0.6) is 0 Å². The highest BCUT2D eigenvalue weighted by molar-refractivity contribution is 4.92. The molecular formula is C13H27N. The average Bonchev–Trinajstić information content (AvgIpc) is 2.19. The molecule has 0 radical (unpaired) electrons. The summed E-state index contributed by atoms with van der Waals surface area (Å²) in [5, 5.41) is 0. The number of hydrogen-bond acceptors (Lipinski definition) is 1. The second-order valence-electron chi connectivity index (χ2n) is 5.83. The van der Waals surface area contributed by atoms with Gasteiger partial charge >= 0.3 is 0 Å². The third-order valence-corrected chi connectivity index (χ3v) is 4.70. The largest absolute Gasteiger partial charge is 0.325 e. The molecule has 2 N–H and O–H groups in total. The van der Waals surface area contributed by atoms with E-state index in [1.54, 1.807) is 0 Å². The van der Waals surface area contributed by atoms with Gasteiger partial charge in [0.05, 0.1) is 0 Å². The maximum absolute atomic E-state index is 6.31. The average molecular weight is 197 g/mol. The first-order valence-corrected chi connectivity index (χ1v) is 6.22. The molecule has 0 amide bonds. The van der Waals surface area contributed by atoms with E-state index >= 15 is 0 Å². The van der Waals surface area contributed by atoms with Crippen LogP contribution >= 0.6 is 0 Å². The predicted molar refractivity (Wildman–Crippen MR) is 63.2 cm³/mol. The van der Waals surface area contributed by atoms with Crippen molar-refractivity contribution >= 4 is 0 Å². The quantitative estimate of drug-likeness (QED) is 0.733. The Labute approximate surface area is 89.5 Å². The Morgan fingerprint density at radius 2 is 1.71 bits per heavy atom. The van der Waals surface area contributed by atoms with E-state index in [1.807, 2.05) is 0 Å². The van der Waals surface area contributed by atoms with Gasteiger partial charge in [0.25, 0.3) is 0 Å². The summed E-state index contributed by atoms with van der Waals surface area (Å²) in [5.74, 6) is 0.899. The van der Waals surface area contributed by atoms with Crippen molar-refractivity contribution in [1.82, 2.24) is 0 Å². The molecule has 0 atom stereocenters. The maximum Gasteiger partial charge on any atom is 0.0151 e. The Bertz CT molecular complexity index is 176. The summed E-state index contributed by atoms with van der Waals surface area (Å²) in [6, 6.07) is 0. The first kappa shape index (κ1) is 12.0. The Morgan fingerprint density at radius 3 is 2.07 bits per heavy atom. The third kappa shape index (κ3) is 2.50. The highest BCUT2D eigenvalue weighted by Crippen LogP contribution is 2.43. The summed E-state index contributed by atoms with van der Waals surface area (Å²) in [6.07, 6.45) is 7.58. The van der Waals surface area contributed by atoms with Gasteiger partial charge in [0.1, 0.15) is 0 Å². The summed E-state index contributed by atoms with van der Waals surface area (Å²) >= 11 is 0. The van der Waals surface area contributed by atoms with E-state index in [-0.39, 0.29) is 5.54 Å². The Hall–Kier alpha value is -0.0400. The maximum atomic E-state index is 6.31. The molecule has 0 spiro atoms. The highest BCUT2D eigenvalue weighted by Gasteiger charge is 2.36. The second-order valence-corrected chi connectivity index (χ2v) is 5.83. The third-order valence-electron chi connectivity index (χ3n) is 4.70. The zero-order valence-corrected chi connectivity index (χ0v) is 10.4. The lowest BCUT2D eigenvalue weighted by Crippen LogP contribution is -2.44. The smallest absolute Gasteiger partial charge is 0.0151 e. The molecule has 0 unspecified atom stereocenters. The fourth-order valence-electron chi connectivity index (χ4n) is 2.62. The van der Waals surface area contributed by atoms with E-state index in [0.717, 1.165) is 12.3 Å². The van der Waals surface area contributed by atoms with Gasteiger partial charge in [-0.25, -0.2) is 0 Å². The van der Waals surface area contributed by atoms with E-state index < -0.39 is 0 Å². The lowest BCUT2D eigenvalue weighted by molar-refractivity contribution is 0.114. The highest BCUT2D eigenvalue weighted by atomic mass is 14.7. The lowest BCUT2D eigenvalue weighted by atomic mass is 9.65. The minimum atomic E-state index is 0.167. The van der Waals surface area contributed by atoms with Gasteiger partial charge in [0, 0.05) is 5.54 Å². The van der Waals surface area contributed by atoms with E-state index in [1.165, 1.54) is 32.1 Å². The molecule has 1 aliphatic carbocycles.